The molecule has 0 spiro atoms. The number of hydrogen-bond donors (Lipinski definition) is 2. The van der Waals surface area contributed by atoms with Gasteiger partial charge in [-0.3, -0.25) is 4.79 Å². The van der Waals surface area contributed by atoms with Gasteiger partial charge in [-0.1, -0.05) is 48.0 Å². The van der Waals surface area contributed by atoms with Crippen LogP contribution in [-0.4, -0.2) is 23.2 Å². The summed E-state index contributed by atoms with van der Waals surface area (Å²) in [6.45, 7) is 0. The van der Waals surface area contributed by atoms with Crippen LogP contribution in [0.25, 0.3) is 0 Å². The van der Waals surface area contributed by atoms with Crippen molar-refractivity contribution in [3.8, 4) is 11.5 Å². The summed E-state index contributed by atoms with van der Waals surface area (Å²) in [4.78, 5) is 24.2. The third-order valence-corrected chi connectivity index (χ3v) is 4.02. The number of phenols is 1. The predicted molar refractivity (Wildman–Crippen MR) is 106 cm³/mol. The molecule has 3 aromatic carbocycles. The molecule has 1 amide bonds. The molecule has 0 heterocycles. The highest BCUT2D eigenvalue weighted by molar-refractivity contribution is 6.33. The van der Waals surface area contributed by atoms with Gasteiger partial charge in [0.2, 0.25) is 0 Å². The Morgan fingerprint density at radius 2 is 1.68 bits per heavy atom. The molecule has 6 nitrogen and oxygen atoms in total. The number of aromatic hydroxyl groups is 1. The number of phenolic OH excluding ortho intramolecular Hbond substituents is 1. The number of halogens is 1. The van der Waals surface area contributed by atoms with E-state index in [9.17, 15) is 14.7 Å². The van der Waals surface area contributed by atoms with Gasteiger partial charge in [-0.2, -0.15) is 5.10 Å². The first-order valence-electron chi connectivity index (χ1n) is 8.23. The summed E-state index contributed by atoms with van der Waals surface area (Å²) >= 11 is 6.00. The van der Waals surface area contributed by atoms with Gasteiger partial charge in [0, 0.05) is 0 Å². The van der Waals surface area contributed by atoms with Gasteiger partial charge in [-0.15, -0.1) is 0 Å². The van der Waals surface area contributed by atoms with Gasteiger partial charge in [0.15, 0.2) is 0 Å². The molecule has 0 aliphatic carbocycles. The molecule has 0 unspecified atom stereocenters. The summed E-state index contributed by atoms with van der Waals surface area (Å²) in [5, 5.41) is 13.8. The Hall–Kier alpha value is -3.64. The molecule has 0 bridgehead atoms. The second kappa shape index (κ2) is 8.83. The summed E-state index contributed by atoms with van der Waals surface area (Å²) in [5.41, 5.74) is 3.30. The fourth-order valence-corrected chi connectivity index (χ4v) is 2.55. The molecule has 140 valence electrons. The number of benzene rings is 3. The summed E-state index contributed by atoms with van der Waals surface area (Å²) in [6, 6.07) is 19.3. The second-order valence-electron chi connectivity index (χ2n) is 5.66. The van der Waals surface area contributed by atoms with Crippen molar-refractivity contribution in [1.29, 1.82) is 0 Å². The Kier molecular flexibility index (Phi) is 6.04. The second-order valence-corrected chi connectivity index (χ2v) is 6.07. The van der Waals surface area contributed by atoms with E-state index >= 15 is 0 Å². The first kappa shape index (κ1) is 19.1. The van der Waals surface area contributed by atoms with E-state index in [2.05, 4.69) is 10.5 Å². The number of esters is 1. The Bertz CT molecular complexity index is 1050. The van der Waals surface area contributed by atoms with Gasteiger partial charge in [0.25, 0.3) is 5.91 Å². The molecule has 0 aliphatic heterocycles. The van der Waals surface area contributed by atoms with Crippen LogP contribution in [0.2, 0.25) is 5.02 Å². The van der Waals surface area contributed by atoms with E-state index in [1.54, 1.807) is 60.7 Å². The van der Waals surface area contributed by atoms with Gasteiger partial charge in [-0.25, -0.2) is 10.2 Å². The summed E-state index contributed by atoms with van der Waals surface area (Å²) in [6.07, 6.45) is 1.39. The van der Waals surface area contributed by atoms with Crippen LogP contribution < -0.4 is 10.2 Å². The average molecular weight is 395 g/mol. The topological polar surface area (TPSA) is 88.0 Å². The number of hydrazone groups is 1. The normalized spacial score (nSPS) is 10.6. The fourth-order valence-electron chi connectivity index (χ4n) is 2.34. The zero-order valence-corrected chi connectivity index (χ0v) is 15.3. The number of nitrogens with one attached hydrogen (secondary N) is 1. The van der Waals surface area contributed by atoms with Crippen LogP contribution in [0, 0.1) is 0 Å². The number of para-hydroxylation sites is 1. The molecule has 28 heavy (non-hydrogen) atoms. The Morgan fingerprint density at radius 3 is 2.43 bits per heavy atom. The first-order chi connectivity index (χ1) is 13.5. The number of rotatable bonds is 5. The molecular formula is C21H15ClN2O4. The zero-order chi connectivity index (χ0) is 19.9. The van der Waals surface area contributed by atoms with Crippen molar-refractivity contribution in [2.24, 2.45) is 5.10 Å². The van der Waals surface area contributed by atoms with Gasteiger partial charge >= 0.3 is 5.97 Å². The fraction of sp³-hybridized carbons (Fsp3) is 0. The predicted octanol–water partition coefficient (Wildman–Crippen LogP) is 4.03. The number of amides is 1. The number of carbonyl (C=O) groups excluding carboxylic acids is 2. The molecule has 0 atom stereocenters. The molecule has 0 aliphatic rings. The lowest BCUT2D eigenvalue weighted by atomic mass is 10.2. The smallest absolute Gasteiger partial charge is 0.345 e. The maximum Gasteiger partial charge on any atom is 0.345 e. The van der Waals surface area contributed by atoms with Gasteiger partial charge < -0.3 is 9.84 Å². The van der Waals surface area contributed by atoms with Gasteiger partial charge in [0.1, 0.15) is 11.5 Å². The standard InChI is InChI=1S/C21H15ClN2O4/c22-18-10-3-1-8-16(18)21(27)28-15-7-5-6-14(12-15)13-23-24-20(26)17-9-2-4-11-19(17)25/h1-13,25H,(H,24,26)/b23-13+. The molecule has 0 radical (unpaired) electrons. The third kappa shape index (κ3) is 4.75. The van der Waals surface area contributed by atoms with Crippen molar-refractivity contribution in [2.75, 3.05) is 0 Å². The minimum Gasteiger partial charge on any atom is -0.507 e. The molecule has 0 saturated heterocycles. The van der Waals surface area contributed by atoms with Crippen molar-refractivity contribution >= 4 is 29.7 Å². The molecular weight excluding hydrogens is 380 g/mol. The molecule has 0 fully saturated rings. The van der Waals surface area contributed by atoms with Crippen molar-refractivity contribution in [3.63, 3.8) is 0 Å². The lowest BCUT2D eigenvalue weighted by Gasteiger charge is -2.06. The molecule has 7 heteroatoms. The summed E-state index contributed by atoms with van der Waals surface area (Å²) in [5.74, 6) is -0.951. The molecule has 2 N–H and O–H groups in total. The van der Waals surface area contributed by atoms with E-state index in [0.717, 1.165) is 0 Å². The van der Waals surface area contributed by atoms with Crippen LogP contribution in [0.5, 0.6) is 11.5 Å². The maximum atomic E-state index is 12.2. The van der Waals surface area contributed by atoms with Crippen LogP contribution in [0.1, 0.15) is 26.3 Å². The maximum absolute atomic E-state index is 12.2. The third-order valence-electron chi connectivity index (χ3n) is 3.69. The van der Waals surface area contributed by atoms with Crippen molar-refractivity contribution in [1.82, 2.24) is 5.43 Å². The monoisotopic (exact) mass is 394 g/mol. The van der Waals surface area contributed by atoms with E-state index in [1.165, 1.54) is 18.3 Å². The number of ether oxygens (including phenoxy) is 1. The highest BCUT2D eigenvalue weighted by atomic mass is 35.5. The van der Waals surface area contributed by atoms with E-state index < -0.39 is 11.9 Å². The van der Waals surface area contributed by atoms with Crippen LogP contribution in [0.15, 0.2) is 77.9 Å². The van der Waals surface area contributed by atoms with E-state index in [1.807, 2.05) is 0 Å². The van der Waals surface area contributed by atoms with Crippen LogP contribution in [0.4, 0.5) is 0 Å². The molecule has 0 saturated carbocycles. The number of carbonyl (C=O) groups is 2. The van der Waals surface area contributed by atoms with E-state index in [4.69, 9.17) is 16.3 Å². The highest BCUT2D eigenvalue weighted by Crippen LogP contribution is 2.19. The molecule has 3 rings (SSSR count). The quantitative estimate of drug-likeness (QED) is 0.296. The number of nitrogens with zero attached hydrogens (tertiary/aromatic N) is 1. The van der Waals surface area contributed by atoms with E-state index in [0.29, 0.717) is 16.3 Å². The summed E-state index contributed by atoms with van der Waals surface area (Å²) < 4.78 is 5.33. The minimum absolute atomic E-state index is 0.113. The lowest BCUT2D eigenvalue weighted by molar-refractivity contribution is 0.0734. The van der Waals surface area contributed by atoms with Crippen molar-refractivity contribution in [2.45, 2.75) is 0 Å². The highest BCUT2D eigenvalue weighted by Gasteiger charge is 2.12. The summed E-state index contributed by atoms with van der Waals surface area (Å²) in [7, 11) is 0. The Labute approximate surface area is 166 Å². The van der Waals surface area contributed by atoms with Gasteiger partial charge in [0.05, 0.1) is 22.4 Å². The lowest BCUT2D eigenvalue weighted by Crippen LogP contribution is -2.17. The molecule has 3 aromatic rings. The zero-order valence-electron chi connectivity index (χ0n) is 14.5. The number of hydrogen-bond acceptors (Lipinski definition) is 5. The first-order valence-corrected chi connectivity index (χ1v) is 8.60. The van der Waals surface area contributed by atoms with E-state index in [-0.39, 0.29) is 16.9 Å². The van der Waals surface area contributed by atoms with Crippen molar-refractivity contribution in [3.05, 3.63) is 94.5 Å². The Balaban J connectivity index is 1.66. The van der Waals surface area contributed by atoms with Gasteiger partial charge in [-0.05, 0) is 42.0 Å². The average Bonchev–Trinajstić information content (AvgIpc) is 2.69. The van der Waals surface area contributed by atoms with Crippen LogP contribution in [-0.2, 0) is 0 Å². The SMILES string of the molecule is O=C(N/N=C/c1cccc(OC(=O)c2ccccc2Cl)c1)c1ccccc1O. The van der Waals surface area contributed by atoms with Crippen molar-refractivity contribution < 1.29 is 19.4 Å². The largest absolute Gasteiger partial charge is 0.507 e. The van der Waals surface area contributed by atoms with Crippen LogP contribution >= 0.6 is 11.6 Å². The molecule has 0 aromatic heterocycles. The minimum atomic E-state index is -0.576. The Morgan fingerprint density at radius 1 is 0.964 bits per heavy atom. The van der Waals surface area contributed by atoms with Crippen LogP contribution in [0.3, 0.4) is 0 Å².